The van der Waals surface area contributed by atoms with Gasteiger partial charge in [-0.15, -0.1) is 0 Å². The van der Waals surface area contributed by atoms with E-state index in [1.165, 1.54) is 12.4 Å². The van der Waals surface area contributed by atoms with E-state index in [1.807, 2.05) is 19.1 Å². The van der Waals surface area contributed by atoms with Crippen LogP contribution in [0.3, 0.4) is 0 Å². The average Bonchev–Trinajstić information content (AvgIpc) is 2.79. The molecule has 3 nitrogen and oxygen atoms in total. The Morgan fingerprint density at radius 3 is 2.94 bits per heavy atom. The van der Waals surface area contributed by atoms with Gasteiger partial charge in [-0.1, -0.05) is 22.0 Å². The molecule has 18 heavy (non-hydrogen) atoms. The van der Waals surface area contributed by atoms with Crippen LogP contribution in [0.1, 0.15) is 17.9 Å². The summed E-state index contributed by atoms with van der Waals surface area (Å²) < 4.78 is 32.3. The van der Waals surface area contributed by atoms with Gasteiger partial charge in [0, 0.05) is 16.9 Å². The number of hydrogen-bond donors (Lipinski definition) is 0. The first-order valence-corrected chi connectivity index (χ1v) is 6.06. The van der Waals surface area contributed by atoms with Crippen LogP contribution in [0.4, 0.5) is 8.78 Å². The van der Waals surface area contributed by atoms with Crippen LogP contribution in [0.2, 0.25) is 0 Å². The lowest BCUT2D eigenvalue weighted by Crippen LogP contribution is -2.07. The normalized spacial score (nSPS) is 10.9. The van der Waals surface area contributed by atoms with Crippen molar-refractivity contribution < 1.29 is 13.5 Å². The molecule has 0 atom stereocenters. The SMILES string of the molecule is Cc1ccc(Br)cc1OCc1nccn1C(F)F. The first kappa shape index (κ1) is 13.0. The van der Waals surface area contributed by atoms with Crippen molar-refractivity contribution in [2.24, 2.45) is 0 Å². The molecule has 0 spiro atoms. The first-order chi connectivity index (χ1) is 8.58. The maximum absolute atomic E-state index is 12.6. The van der Waals surface area contributed by atoms with Gasteiger partial charge in [-0.3, -0.25) is 4.57 Å². The number of ether oxygens (including phenoxy) is 1. The summed E-state index contributed by atoms with van der Waals surface area (Å²) in [6.07, 6.45) is 2.57. The third kappa shape index (κ3) is 2.87. The summed E-state index contributed by atoms with van der Waals surface area (Å²) >= 11 is 3.33. The number of aryl methyl sites for hydroxylation is 1. The minimum Gasteiger partial charge on any atom is -0.485 e. The number of halogens is 3. The van der Waals surface area contributed by atoms with Crippen molar-refractivity contribution in [2.45, 2.75) is 20.1 Å². The summed E-state index contributed by atoms with van der Waals surface area (Å²) in [7, 11) is 0. The predicted molar refractivity (Wildman–Crippen MR) is 66.7 cm³/mol. The maximum Gasteiger partial charge on any atom is 0.320 e. The first-order valence-electron chi connectivity index (χ1n) is 5.26. The van der Waals surface area contributed by atoms with Crippen LogP contribution < -0.4 is 4.74 Å². The number of alkyl halides is 2. The molecule has 1 heterocycles. The van der Waals surface area contributed by atoms with E-state index in [0.29, 0.717) is 5.75 Å². The van der Waals surface area contributed by atoms with Gasteiger partial charge in [-0.25, -0.2) is 4.98 Å². The van der Waals surface area contributed by atoms with Crippen molar-refractivity contribution in [1.29, 1.82) is 0 Å². The third-order valence-corrected chi connectivity index (χ3v) is 2.96. The van der Waals surface area contributed by atoms with E-state index in [4.69, 9.17) is 4.74 Å². The molecule has 0 amide bonds. The highest BCUT2D eigenvalue weighted by Crippen LogP contribution is 2.24. The zero-order chi connectivity index (χ0) is 13.1. The third-order valence-electron chi connectivity index (χ3n) is 2.47. The summed E-state index contributed by atoms with van der Waals surface area (Å²) in [5.74, 6) is 0.845. The highest BCUT2D eigenvalue weighted by molar-refractivity contribution is 9.10. The maximum atomic E-state index is 12.6. The molecule has 1 aromatic carbocycles. The van der Waals surface area contributed by atoms with E-state index >= 15 is 0 Å². The Morgan fingerprint density at radius 1 is 1.44 bits per heavy atom. The lowest BCUT2D eigenvalue weighted by Gasteiger charge is -2.10. The van der Waals surface area contributed by atoms with Crippen molar-refractivity contribution in [3.05, 3.63) is 46.5 Å². The van der Waals surface area contributed by atoms with Crippen molar-refractivity contribution >= 4 is 15.9 Å². The lowest BCUT2D eigenvalue weighted by atomic mass is 10.2. The molecule has 0 bridgehead atoms. The van der Waals surface area contributed by atoms with E-state index in [0.717, 1.165) is 14.6 Å². The number of nitrogens with zero attached hydrogens (tertiary/aromatic N) is 2. The second-order valence-corrected chi connectivity index (χ2v) is 4.64. The zero-order valence-corrected chi connectivity index (χ0v) is 11.2. The Morgan fingerprint density at radius 2 is 2.22 bits per heavy atom. The van der Waals surface area contributed by atoms with Gasteiger partial charge in [0.1, 0.15) is 12.4 Å². The summed E-state index contributed by atoms with van der Waals surface area (Å²) in [6, 6.07) is 5.58. The molecule has 0 aliphatic heterocycles. The molecule has 0 N–H and O–H groups in total. The molecule has 2 aromatic rings. The van der Waals surface area contributed by atoms with Crippen molar-refractivity contribution in [3.63, 3.8) is 0 Å². The molecular weight excluding hydrogens is 306 g/mol. The molecule has 0 unspecified atom stereocenters. The summed E-state index contributed by atoms with van der Waals surface area (Å²) in [5.41, 5.74) is 0.938. The number of benzene rings is 1. The Labute approximate surface area is 112 Å². The second kappa shape index (κ2) is 5.48. The fraction of sp³-hybridized carbons (Fsp3) is 0.250. The van der Waals surface area contributed by atoms with Gasteiger partial charge >= 0.3 is 6.55 Å². The van der Waals surface area contributed by atoms with Crippen molar-refractivity contribution in [1.82, 2.24) is 9.55 Å². The van der Waals surface area contributed by atoms with E-state index in [1.54, 1.807) is 6.07 Å². The van der Waals surface area contributed by atoms with Gasteiger partial charge in [0.15, 0.2) is 5.82 Å². The fourth-order valence-electron chi connectivity index (χ4n) is 1.51. The number of hydrogen-bond acceptors (Lipinski definition) is 2. The van der Waals surface area contributed by atoms with Crippen molar-refractivity contribution in [3.8, 4) is 5.75 Å². The summed E-state index contributed by atoms with van der Waals surface area (Å²) in [4.78, 5) is 3.85. The Kier molecular flexibility index (Phi) is 3.96. The van der Waals surface area contributed by atoms with E-state index in [9.17, 15) is 8.78 Å². The van der Waals surface area contributed by atoms with Gasteiger partial charge in [0.05, 0.1) is 0 Å². The highest BCUT2D eigenvalue weighted by Gasteiger charge is 2.12. The van der Waals surface area contributed by atoms with E-state index in [2.05, 4.69) is 20.9 Å². The standard InChI is InChI=1S/C12H11BrF2N2O/c1-8-2-3-9(13)6-10(8)18-7-11-16-4-5-17(11)12(14)15/h2-6,12H,7H2,1H3. The van der Waals surface area contributed by atoms with Crippen LogP contribution in [-0.2, 0) is 6.61 Å². The fourth-order valence-corrected chi connectivity index (χ4v) is 1.85. The Bertz CT molecular complexity index is 543. The van der Waals surface area contributed by atoms with Crippen LogP contribution in [0.25, 0.3) is 0 Å². The zero-order valence-electron chi connectivity index (χ0n) is 9.61. The molecule has 0 aliphatic rings. The molecule has 0 saturated carbocycles. The van der Waals surface area contributed by atoms with Gasteiger partial charge in [-0.2, -0.15) is 8.78 Å². The van der Waals surface area contributed by atoms with E-state index in [-0.39, 0.29) is 12.4 Å². The summed E-state index contributed by atoms with van der Waals surface area (Å²) in [6.45, 7) is -0.703. The van der Waals surface area contributed by atoms with Crippen LogP contribution in [-0.4, -0.2) is 9.55 Å². The second-order valence-electron chi connectivity index (χ2n) is 3.73. The van der Waals surface area contributed by atoms with E-state index < -0.39 is 6.55 Å². The molecule has 0 aliphatic carbocycles. The molecule has 0 saturated heterocycles. The minimum atomic E-state index is -2.60. The van der Waals surface area contributed by atoms with Gasteiger partial charge in [0.25, 0.3) is 0 Å². The topological polar surface area (TPSA) is 27.1 Å². The lowest BCUT2D eigenvalue weighted by molar-refractivity contribution is 0.0632. The number of aromatic nitrogens is 2. The van der Waals surface area contributed by atoms with Gasteiger partial charge in [-0.05, 0) is 24.6 Å². The Balaban J connectivity index is 2.11. The molecule has 0 fully saturated rings. The Hall–Kier alpha value is -1.43. The van der Waals surface area contributed by atoms with Crippen molar-refractivity contribution in [2.75, 3.05) is 0 Å². The van der Waals surface area contributed by atoms with Crippen LogP contribution >= 0.6 is 15.9 Å². The molecule has 2 rings (SSSR count). The van der Waals surface area contributed by atoms with Crippen LogP contribution in [0.5, 0.6) is 5.75 Å². The minimum absolute atomic E-state index is 0.00856. The quantitative estimate of drug-likeness (QED) is 0.854. The van der Waals surface area contributed by atoms with Gasteiger partial charge in [0.2, 0.25) is 0 Å². The number of imidazole rings is 1. The molecule has 96 valence electrons. The smallest absolute Gasteiger partial charge is 0.320 e. The number of rotatable bonds is 4. The molecular formula is C12H11BrF2N2O. The largest absolute Gasteiger partial charge is 0.485 e. The predicted octanol–water partition coefficient (Wildman–Crippen LogP) is 3.93. The van der Waals surface area contributed by atoms with Crippen LogP contribution in [0, 0.1) is 6.92 Å². The average molecular weight is 317 g/mol. The molecule has 0 radical (unpaired) electrons. The highest BCUT2D eigenvalue weighted by atomic mass is 79.9. The monoisotopic (exact) mass is 316 g/mol. The van der Waals surface area contributed by atoms with Gasteiger partial charge < -0.3 is 4.74 Å². The summed E-state index contributed by atoms with van der Waals surface area (Å²) in [5, 5.41) is 0. The molecule has 1 aromatic heterocycles. The van der Waals surface area contributed by atoms with Crippen LogP contribution in [0.15, 0.2) is 35.1 Å². The molecule has 6 heteroatoms.